The number of anilines is 3. The van der Waals surface area contributed by atoms with E-state index in [0.717, 1.165) is 0 Å². The van der Waals surface area contributed by atoms with Crippen molar-refractivity contribution in [3.8, 4) is 0 Å². The highest BCUT2D eigenvalue weighted by Gasteiger charge is 2.13. The lowest BCUT2D eigenvalue weighted by Gasteiger charge is -2.14. The van der Waals surface area contributed by atoms with E-state index in [9.17, 15) is 19.7 Å². The Hall–Kier alpha value is -3.46. The molecule has 9 nitrogen and oxygen atoms in total. The molecule has 0 saturated carbocycles. The minimum atomic E-state index is -0.538. The summed E-state index contributed by atoms with van der Waals surface area (Å²) in [6.45, 7) is 1.38. The van der Waals surface area contributed by atoms with E-state index in [-0.39, 0.29) is 31.2 Å². The van der Waals surface area contributed by atoms with Crippen LogP contribution in [0.3, 0.4) is 0 Å². The fraction of sp³-hybridized carbons (Fsp3) is 0.222. The summed E-state index contributed by atoms with van der Waals surface area (Å²) in [6.07, 6.45) is 0. The molecular weight excluding hydrogens is 352 g/mol. The van der Waals surface area contributed by atoms with Crippen molar-refractivity contribution in [1.29, 1.82) is 0 Å². The van der Waals surface area contributed by atoms with Gasteiger partial charge in [0.2, 0.25) is 5.91 Å². The monoisotopic (exact) mass is 372 g/mol. The van der Waals surface area contributed by atoms with Crippen LogP contribution in [0.4, 0.5) is 22.7 Å². The Kier molecular flexibility index (Phi) is 6.84. The van der Waals surface area contributed by atoms with Gasteiger partial charge in [-0.3, -0.25) is 19.7 Å². The number of Topliss-reactive ketones (excluding diaryl/α,β-unsaturated/α-hetero) is 1. The predicted octanol–water partition coefficient (Wildman–Crippen LogP) is 2.25. The number of hydrogen-bond acceptors (Lipinski definition) is 7. The highest BCUT2D eigenvalue weighted by molar-refractivity contribution is 6.04. The van der Waals surface area contributed by atoms with Crippen molar-refractivity contribution in [3.63, 3.8) is 0 Å². The van der Waals surface area contributed by atoms with Gasteiger partial charge in [0.25, 0.3) is 5.69 Å². The number of nitrogens with zero attached hydrogens (tertiary/aromatic N) is 1. The van der Waals surface area contributed by atoms with Gasteiger partial charge < -0.3 is 21.1 Å². The zero-order valence-corrected chi connectivity index (χ0v) is 14.7. The second kappa shape index (κ2) is 9.30. The molecule has 0 bridgehead atoms. The van der Waals surface area contributed by atoms with Crippen LogP contribution in [0.5, 0.6) is 0 Å². The molecule has 142 valence electrons. The fourth-order valence-electron chi connectivity index (χ4n) is 2.41. The molecule has 0 saturated heterocycles. The first-order valence-electron chi connectivity index (χ1n) is 8.19. The number of non-ortho nitro benzene ring substituents is 1. The highest BCUT2D eigenvalue weighted by atomic mass is 16.6. The van der Waals surface area contributed by atoms with E-state index in [4.69, 9.17) is 5.11 Å². The van der Waals surface area contributed by atoms with Crippen molar-refractivity contribution >= 4 is 34.4 Å². The van der Waals surface area contributed by atoms with E-state index in [1.54, 1.807) is 24.3 Å². The van der Waals surface area contributed by atoms with Gasteiger partial charge in [0.15, 0.2) is 5.78 Å². The SMILES string of the molecule is CC(=O)c1ccccc1NC(=O)CNc1cc([N+](=O)[O-])ccc1NCCO. The molecule has 0 aliphatic carbocycles. The van der Waals surface area contributed by atoms with Gasteiger partial charge in [-0.05, 0) is 25.1 Å². The number of hydrogen-bond donors (Lipinski definition) is 4. The van der Waals surface area contributed by atoms with Crippen LogP contribution in [0.1, 0.15) is 17.3 Å². The number of nitro benzene ring substituents is 1. The zero-order chi connectivity index (χ0) is 19.8. The second-order valence-electron chi connectivity index (χ2n) is 5.64. The summed E-state index contributed by atoms with van der Waals surface area (Å²) >= 11 is 0. The smallest absolute Gasteiger partial charge is 0.271 e. The number of aliphatic hydroxyl groups excluding tert-OH is 1. The lowest BCUT2D eigenvalue weighted by Crippen LogP contribution is -2.23. The summed E-state index contributed by atoms with van der Waals surface area (Å²) in [6, 6.07) is 10.8. The number of para-hydroxylation sites is 1. The van der Waals surface area contributed by atoms with Crippen molar-refractivity contribution in [2.24, 2.45) is 0 Å². The molecule has 0 aromatic heterocycles. The summed E-state index contributed by atoms with van der Waals surface area (Å²) in [5.41, 5.74) is 1.54. The van der Waals surface area contributed by atoms with Crippen LogP contribution in [-0.4, -0.2) is 41.4 Å². The van der Waals surface area contributed by atoms with E-state index in [1.807, 2.05) is 0 Å². The van der Waals surface area contributed by atoms with Gasteiger partial charge in [-0.15, -0.1) is 0 Å². The number of amides is 1. The maximum Gasteiger partial charge on any atom is 0.271 e. The Morgan fingerprint density at radius 3 is 2.48 bits per heavy atom. The first kappa shape index (κ1) is 19.9. The molecule has 9 heteroatoms. The number of carbonyl (C=O) groups is 2. The molecule has 0 atom stereocenters. The van der Waals surface area contributed by atoms with Crippen molar-refractivity contribution in [1.82, 2.24) is 0 Å². The van der Waals surface area contributed by atoms with Gasteiger partial charge in [0.1, 0.15) is 0 Å². The minimum Gasteiger partial charge on any atom is -0.395 e. The molecule has 4 N–H and O–H groups in total. The third-order valence-corrected chi connectivity index (χ3v) is 3.66. The van der Waals surface area contributed by atoms with Crippen LogP contribution in [0.15, 0.2) is 42.5 Å². The summed E-state index contributed by atoms with van der Waals surface area (Å²) in [5.74, 6) is -0.587. The Morgan fingerprint density at radius 2 is 1.81 bits per heavy atom. The molecule has 0 heterocycles. The van der Waals surface area contributed by atoms with Gasteiger partial charge in [0, 0.05) is 24.2 Å². The Balaban J connectivity index is 2.10. The molecule has 1 amide bonds. The second-order valence-corrected chi connectivity index (χ2v) is 5.64. The maximum absolute atomic E-state index is 12.2. The molecule has 27 heavy (non-hydrogen) atoms. The van der Waals surface area contributed by atoms with E-state index < -0.39 is 10.8 Å². The lowest BCUT2D eigenvalue weighted by molar-refractivity contribution is -0.384. The molecule has 0 aliphatic heterocycles. The third-order valence-electron chi connectivity index (χ3n) is 3.66. The van der Waals surface area contributed by atoms with Crippen LogP contribution in [0, 0.1) is 10.1 Å². The lowest BCUT2D eigenvalue weighted by atomic mass is 10.1. The van der Waals surface area contributed by atoms with Crippen LogP contribution in [-0.2, 0) is 4.79 Å². The normalized spacial score (nSPS) is 10.1. The molecular formula is C18H20N4O5. The molecule has 0 radical (unpaired) electrons. The van der Waals surface area contributed by atoms with E-state index in [2.05, 4.69) is 16.0 Å². The van der Waals surface area contributed by atoms with E-state index in [1.165, 1.54) is 25.1 Å². The summed E-state index contributed by atoms with van der Waals surface area (Å²) < 4.78 is 0. The molecule has 2 rings (SSSR count). The Morgan fingerprint density at radius 1 is 1.07 bits per heavy atom. The van der Waals surface area contributed by atoms with Crippen molar-refractivity contribution in [2.75, 3.05) is 35.6 Å². The Labute approximate surface area is 155 Å². The first-order chi connectivity index (χ1) is 12.9. The average molecular weight is 372 g/mol. The molecule has 0 spiro atoms. The molecule has 2 aromatic carbocycles. The largest absolute Gasteiger partial charge is 0.395 e. The van der Waals surface area contributed by atoms with Crippen LogP contribution >= 0.6 is 0 Å². The quantitative estimate of drug-likeness (QED) is 0.301. The summed E-state index contributed by atoms with van der Waals surface area (Å²) in [5, 5.41) is 28.3. The van der Waals surface area contributed by atoms with Crippen molar-refractivity contribution in [3.05, 3.63) is 58.1 Å². The Bertz CT molecular complexity index is 853. The number of ketones is 1. The van der Waals surface area contributed by atoms with Crippen LogP contribution < -0.4 is 16.0 Å². The topological polar surface area (TPSA) is 134 Å². The molecule has 0 fully saturated rings. The molecule has 0 aliphatic rings. The summed E-state index contributed by atoms with van der Waals surface area (Å²) in [7, 11) is 0. The van der Waals surface area contributed by atoms with Crippen LogP contribution in [0.25, 0.3) is 0 Å². The fourth-order valence-corrected chi connectivity index (χ4v) is 2.41. The number of rotatable bonds is 9. The number of benzene rings is 2. The highest BCUT2D eigenvalue weighted by Crippen LogP contribution is 2.27. The number of aliphatic hydroxyl groups is 1. The van der Waals surface area contributed by atoms with Crippen molar-refractivity contribution < 1.29 is 19.6 Å². The average Bonchev–Trinajstić information content (AvgIpc) is 2.65. The van der Waals surface area contributed by atoms with Gasteiger partial charge in [-0.25, -0.2) is 0 Å². The minimum absolute atomic E-state index is 0.112. The maximum atomic E-state index is 12.2. The van der Waals surface area contributed by atoms with Gasteiger partial charge in [-0.1, -0.05) is 12.1 Å². The van der Waals surface area contributed by atoms with E-state index >= 15 is 0 Å². The van der Waals surface area contributed by atoms with Gasteiger partial charge in [-0.2, -0.15) is 0 Å². The number of carbonyl (C=O) groups excluding carboxylic acids is 2. The van der Waals surface area contributed by atoms with E-state index in [0.29, 0.717) is 22.6 Å². The molecule has 2 aromatic rings. The number of nitro groups is 1. The number of nitrogens with one attached hydrogen (secondary N) is 3. The van der Waals surface area contributed by atoms with Gasteiger partial charge in [0.05, 0.1) is 35.1 Å². The first-order valence-corrected chi connectivity index (χ1v) is 8.19. The summed E-state index contributed by atoms with van der Waals surface area (Å²) in [4.78, 5) is 34.3. The zero-order valence-electron chi connectivity index (χ0n) is 14.7. The standard InChI is InChI=1S/C18H20N4O5/c1-12(24)14-4-2-3-5-15(14)21-18(25)11-20-17-10-13(22(26)27)6-7-16(17)19-8-9-23/h2-7,10,19-20,23H,8-9,11H2,1H3,(H,21,25). The molecule has 0 unspecified atom stereocenters. The third kappa shape index (κ3) is 5.51. The predicted molar refractivity (Wildman–Crippen MR) is 102 cm³/mol. The van der Waals surface area contributed by atoms with Gasteiger partial charge >= 0.3 is 0 Å². The van der Waals surface area contributed by atoms with Crippen molar-refractivity contribution in [2.45, 2.75) is 6.92 Å². The van der Waals surface area contributed by atoms with Crippen LogP contribution in [0.2, 0.25) is 0 Å².